The number of hydrogen-bond donors (Lipinski definition) is 2. The summed E-state index contributed by atoms with van der Waals surface area (Å²) in [6, 6.07) is 8.09. The Morgan fingerprint density at radius 3 is 3.00 bits per heavy atom. The number of piperidine rings is 1. The smallest absolute Gasteiger partial charge is 0.237 e. The fourth-order valence-electron chi connectivity index (χ4n) is 2.38. The first-order valence-corrected chi connectivity index (χ1v) is 6.87. The van der Waals surface area contributed by atoms with E-state index in [4.69, 9.17) is 4.74 Å². The lowest BCUT2D eigenvalue weighted by atomic mass is 10.0. The lowest BCUT2D eigenvalue weighted by molar-refractivity contribution is -0.123. The number of amides is 1. The molecule has 19 heavy (non-hydrogen) atoms. The molecule has 0 spiro atoms. The van der Waals surface area contributed by atoms with Crippen molar-refractivity contribution < 1.29 is 9.53 Å². The van der Waals surface area contributed by atoms with Crippen LogP contribution < -0.4 is 10.6 Å². The van der Waals surface area contributed by atoms with Crippen LogP contribution in [0.4, 0.5) is 0 Å². The van der Waals surface area contributed by atoms with Gasteiger partial charge in [0.05, 0.1) is 12.6 Å². The highest BCUT2D eigenvalue weighted by molar-refractivity contribution is 5.81. The Labute approximate surface area is 114 Å². The molecule has 0 saturated carbocycles. The van der Waals surface area contributed by atoms with Gasteiger partial charge in [0.25, 0.3) is 0 Å². The Hall–Kier alpha value is -1.39. The Morgan fingerprint density at radius 2 is 2.26 bits per heavy atom. The van der Waals surface area contributed by atoms with Crippen molar-refractivity contribution in [2.24, 2.45) is 0 Å². The molecule has 1 aromatic rings. The Kier molecular flexibility index (Phi) is 5.36. The van der Waals surface area contributed by atoms with Gasteiger partial charge in [-0.1, -0.05) is 30.7 Å². The maximum Gasteiger partial charge on any atom is 0.237 e. The van der Waals surface area contributed by atoms with E-state index in [1.165, 1.54) is 6.42 Å². The maximum atomic E-state index is 12.0. The monoisotopic (exact) mass is 262 g/mol. The molecule has 0 aliphatic carbocycles. The molecule has 0 radical (unpaired) electrons. The molecule has 1 atom stereocenters. The standard InChI is InChI=1S/C15H22N2O2/c1-19-11-13-6-4-5-12(9-13)10-17-15(18)14-7-2-3-8-16-14/h4-6,9,14,16H,2-3,7-8,10-11H2,1H3,(H,17,18). The van der Waals surface area contributed by atoms with Crippen LogP contribution in [-0.2, 0) is 22.7 Å². The van der Waals surface area contributed by atoms with E-state index in [2.05, 4.69) is 16.7 Å². The van der Waals surface area contributed by atoms with Crippen molar-refractivity contribution in [3.05, 3.63) is 35.4 Å². The van der Waals surface area contributed by atoms with Gasteiger partial charge in [0, 0.05) is 13.7 Å². The zero-order chi connectivity index (χ0) is 13.5. The van der Waals surface area contributed by atoms with Crippen LogP contribution in [0.15, 0.2) is 24.3 Å². The van der Waals surface area contributed by atoms with Crippen LogP contribution in [0.25, 0.3) is 0 Å². The summed E-state index contributed by atoms with van der Waals surface area (Å²) in [4.78, 5) is 12.0. The highest BCUT2D eigenvalue weighted by atomic mass is 16.5. The molecule has 0 aromatic heterocycles. The molecular formula is C15H22N2O2. The summed E-state index contributed by atoms with van der Waals surface area (Å²) in [5, 5.41) is 6.25. The second kappa shape index (κ2) is 7.26. The van der Waals surface area contributed by atoms with Crippen molar-refractivity contribution in [1.82, 2.24) is 10.6 Å². The third-order valence-electron chi connectivity index (χ3n) is 3.40. The lowest BCUT2D eigenvalue weighted by Gasteiger charge is -2.22. The van der Waals surface area contributed by atoms with Gasteiger partial charge in [0.2, 0.25) is 5.91 Å². The fraction of sp³-hybridized carbons (Fsp3) is 0.533. The summed E-state index contributed by atoms with van der Waals surface area (Å²) in [7, 11) is 1.68. The van der Waals surface area contributed by atoms with Crippen LogP contribution in [0.2, 0.25) is 0 Å². The second-order valence-electron chi connectivity index (χ2n) is 4.97. The molecule has 2 N–H and O–H groups in total. The number of carbonyl (C=O) groups excluding carboxylic acids is 1. The van der Waals surface area contributed by atoms with E-state index >= 15 is 0 Å². The summed E-state index contributed by atoms with van der Waals surface area (Å²) >= 11 is 0. The van der Waals surface area contributed by atoms with Crippen LogP contribution in [-0.4, -0.2) is 25.6 Å². The molecule has 0 bridgehead atoms. The number of benzene rings is 1. The van der Waals surface area contributed by atoms with Gasteiger partial charge in [0.1, 0.15) is 0 Å². The van der Waals surface area contributed by atoms with Gasteiger partial charge >= 0.3 is 0 Å². The molecule has 2 rings (SSSR count). The van der Waals surface area contributed by atoms with Crippen molar-refractivity contribution in [3.8, 4) is 0 Å². The van der Waals surface area contributed by atoms with Crippen molar-refractivity contribution in [3.63, 3.8) is 0 Å². The molecule has 1 fully saturated rings. The molecule has 1 amide bonds. The molecule has 1 unspecified atom stereocenters. The third-order valence-corrected chi connectivity index (χ3v) is 3.40. The number of nitrogens with one attached hydrogen (secondary N) is 2. The molecule has 1 aliphatic rings. The zero-order valence-electron chi connectivity index (χ0n) is 11.4. The summed E-state index contributed by atoms with van der Waals surface area (Å²) < 4.78 is 5.11. The number of hydrogen-bond acceptors (Lipinski definition) is 3. The highest BCUT2D eigenvalue weighted by Gasteiger charge is 2.19. The van der Waals surface area contributed by atoms with Crippen molar-refractivity contribution in [2.45, 2.75) is 38.5 Å². The van der Waals surface area contributed by atoms with Crippen LogP contribution >= 0.6 is 0 Å². The average molecular weight is 262 g/mol. The number of ether oxygens (including phenoxy) is 1. The molecule has 1 aromatic carbocycles. The molecule has 1 aliphatic heterocycles. The van der Waals surface area contributed by atoms with Gasteiger partial charge in [-0.05, 0) is 30.5 Å². The van der Waals surface area contributed by atoms with Crippen LogP contribution in [0.5, 0.6) is 0 Å². The summed E-state index contributed by atoms with van der Waals surface area (Å²) in [5.41, 5.74) is 2.24. The molecule has 1 heterocycles. The minimum atomic E-state index is -0.0177. The van der Waals surface area contributed by atoms with Crippen LogP contribution in [0.1, 0.15) is 30.4 Å². The van der Waals surface area contributed by atoms with E-state index in [0.717, 1.165) is 30.5 Å². The quantitative estimate of drug-likeness (QED) is 0.847. The van der Waals surface area contributed by atoms with Crippen LogP contribution in [0.3, 0.4) is 0 Å². The van der Waals surface area contributed by atoms with Gasteiger partial charge in [-0.3, -0.25) is 4.79 Å². The Bertz CT molecular complexity index is 414. The Morgan fingerprint density at radius 1 is 1.42 bits per heavy atom. The summed E-state index contributed by atoms with van der Waals surface area (Å²) in [6.45, 7) is 2.13. The molecule has 4 nitrogen and oxygen atoms in total. The normalized spacial score (nSPS) is 19.1. The van der Waals surface area contributed by atoms with Crippen molar-refractivity contribution in [1.29, 1.82) is 0 Å². The minimum Gasteiger partial charge on any atom is -0.380 e. The predicted octanol–water partition coefficient (Wildman–Crippen LogP) is 1.59. The summed E-state index contributed by atoms with van der Waals surface area (Å²) in [5.74, 6) is 0.108. The second-order valence-corrected chi connectivity index (χ2v) is 4.97. The number of methoxy groups -OCH3 is 1. The fourth-order valence-corrected chi connectivity index (χ4v) is 2.38. The van der Waals surface area contributed by atoms with Gasteiger partial charge < -0.3 is 15.4 Å². The lowest BCUT2D eigenvalue weighted by Crippen LogP contribution is -2.46. The van der Waals surface area contributed by atoms with Gasteiger partial charge in [-0.15, -0.1) is 0 Å². The van der Waals surface area contributed by atoms with E-state index in [9.17, 15) is 4.79 Å². The first kappa shape index (κ1) is 14.0. The highest BCUT2D eigenvalue weighted by Crippen LogP contribution is 2.09. The van der Waals surface area contributed by atoms with E-state index in [1.807, 2.05) is 18.2 Å². The minimum absolute atomic E-state index is 0.0177. The van der Waals surface area contributed by atoms with E-state index in [0.29, 0.717) is 13.2 Å². The first-order chi connectivity index (χ1) is 9.29. The number of carbonyl (C=O) groups is 1. The van der Waals surface area contributed by atoms with Gasteiger partial charge in [0.15, 0.2) is 0 Å². The number of rotatable bonds is 5. The topological polar surface area (TPSA) is 50.4 Å². The Balaban J connectivity index is 1.83. The zero-order valence-corrected chi connectivity index (χ0v) is 11.4. The average Bonchev–Trinajstić information content (AvgIpc) is 2.46. The summed E-state index contributed by atoms with van der Waals surface area (Å²) in [6.07, 6.45) is 3.24. The molecule has 1 saturated heterocycles. The SMILES string of the molecule is COCc1cccc(CNC(=O)C2CCCCN2)c1. The molecule has 4 heteroatoms. The molecular weight excluding hydrogens is 240 g/mol. The van der Waals surface area contributed by atoms with E-state index in [1.54, 1.807) is 7.11 Å². The first-order valence-electron chi connectivity index (χ1n) is 6.87. The predicted molar refractivity (Wildman–Crippen MR) is 74.6 cm³/mol. The maximum absolute atomic E-state index is 12.0. The van der Waals surface area contributed by atoms with Crippen molar-refractivity contribution in [2.75, 3.05) is 13.7 Å². The van der Waals surface area contributed by atoms with E-state index < -0.39 is 0 Å². The van der Waals surface area contributed by atoms with Crippen molar-refractivity contribution >= 4 is 5.91 Å². The van der Waals surface area contributed by atoms with Gasteiger partial charge in [-0.25, -0.2) is 0 Å². The molecule has 104 valence electrons. The van der Waals surface area contributed by atoms with E-state index in [-0.39, 0.29) is 11.9 Å². The third kappa shape index (κ3) is 4.33. The van der Waals surface area contributed by atoms with Crippen LogP contribution in [0, 0.1) is 0 Å². The largest absolute Gasteiger partial charge is 0.380 e. The van der Waals surface area contributed by atoms with Gasteiger partial charge in [-0.2, -0.15) is 0 Å².